The number of sulfonamides is 1. The summed E-state index contributed by atoms with van der Waals surface area (Å²) < 4.78 is 32.1. The first-order chi connectivity index (χ1) is 21.0. The maximum Gasteiger partial charge on any atom is 0.232 e. The zero-order valence-corrected chi connectivity index (χ0v) is 27.4. The number of nitrogens with one attached hydrogen (secondary N) is 2. The number of hydrogen-bond donors (Lipinski definition) is 2. The second kappa shape index (κ2) is 13.0. The van der Waals surface area contributed by atoms with E-state index in [1.807, 2.05) is 0 Å². The van der Waals surface area contributed by atoms with Crippen LogP contribution in [0.3, 0.4) is 0 Å². The zero-order chi connectivity index (χ0) is 31.6. The maximum absolute atomic E-state index is 12.6. The molecule has 1 fully saturated rings. The number of piperidine rings is 1. The molecule has 2 N–H and O–H groups in total. The van der Waals surface area contributed by atoms with Crippen LogP contribution in [0.4, 0.5) is 34.5 Å². The normalized spacial score (nSPS) is 14.2. The topological polar surface area (TPSA) is 129 Å². The molecule has 0 spiro atoms. The lowest BCUT2D eigenvalue weighted by molar-refractivity contribution is 0.249. The number of halogens is 1. The fourth-order valence-electron chi connectivity index (χ4n) is 5.45. The van der Waals surface area contributed by atoms with Crippen LogP contribution in [0.5, 0.6) is 5.75 Å². The summed E-state index contributed by atoms with van der Waals surface area (Å²) in [7, 11) is 3.77. The molecule has 0 amide bonds. The van der Waals surface area contributed by atoms with Gasteiger partial charge in [0.2, 0.25) is 16.0 Å². The fourth-order valence-corrected chi connectivity index (χ4v) is 6.11. The summed E-state index contributed by atoms with van der Waals surface area (Å²) in [6.07, 6.45) is 8.74. The van der Waals surface area contributed by atoms with Crippen molar-refractivity contribution in [1.82, 2.24) is 24.8 Å². The lowest BCUT2D eigenvalue weighted by Crippen LogP contribution is -2.42. The molecule has 1 aliphatic rings. The monoisotopic (exact) mass is 639 g/mol. The molecule has 14 heteroatoms. The molecule has 2 aromatic carbocycles. The molecule has 5 rings (SSSR count). The highest BCUT2D eigenvalue weighted by molar-refractivity contribution is 7.92. The molecule has 0 atom stereocenters. The summed E-state index contributed by atoms with van der Waals surface area (Å²) in [6, 6.07) is 8.22. The number of fused-ring (bicyclic) bond motifs is 1. The zero-order valence-electron chi connectivity index (χ0n) is 25.8. The minimum atomic E-state index is -3.63. The van der Waals surface area contributed by atoms with Gasteiger partial charge in [-0.05, 0) is 57.1 Å². The van der Waals surface area contributed by atoms with Crippen LogP contribution in [0, 0.1) is 0 Å². The van der Waals surface area contributed by atoms with E-state index in [4.69, 9.17) is 16.3 Å². The van der Waals surface area contributed by atoms with Crippen molar-refractivity contribution >= 4 is 67.2 Å². The third-order valence-corrected chi connectivity index (χ3v) is 9.44. The Bertz CT molecular complexity index is 1760. The van der Waals surface area contributed by atoms with Crippen molar-refractivity contribution in [2.45, 2.75) is 32.2 Å². The highest BCUT2D eigenvalue weighted by atomic mass is 35.5. The second-order valence-electron chi connectivity index (χ2n) is 11.0. The minimum absolute atomic E-state index is 0.250. The second-order valence-corrected chi connectivity index (χ2v) is 13.4. The molecule has 0 unspecified atom stereocenters. The van der Waals surface area contributed by atoms with Crippen LogP contribution < -0.4 is 24.6 Å². The van der Waals surface area contributed by atoms with E-state index in [0.717, 1.165) is 48.6 Å². The molecular formula is C30H38ClN9O3S. The van der Waals surface area contributed by atoms with Crippen molar-refractivity contribution in [2.24, 2.45) is 0 Å². The van der Waals surface area contributed by atoms with Crippen molar-refractivity contribution in [3.63, 3.8) is 0 Å². The maximum atomic E-state index is 12.6. The van der Waals surface area contributed by atoms with Crippen molar-refractivity contribution in [3.05, 3.63) is 53.4 Å². The number of nitrogens with zero attached hydrogens (tertiary/aromatic N) is 7. The highest BCUT2D eigenvalue weighted by Crippen LogP contribution is 2.39. The van der Waals surface area contributed by atoms with Gasteiger partial charge in [-0.15, -0.1) is 0 Å². The SMILES string of the molecule is CCc1cc(Nc2ncc(Cl)c(Nc3ccc4nccnc4c3N(C)S(C)(=O)=O)n2)c(OC)cc1N1CCC(N(C)C)CC1. The molecule has 2 aromatic heterocycles. The van der Waals surface area contributed by atoms with Gasteiger partial charge in [-0.2, -0.15) is 4.98 Å². The Morgan fingerprint density at radius 3 is 2.43 bits per heavy atom. The predicted octanol–water partition coefficient (Wildman–Crippen LogP) is 5.06. The van der Waals surface area contributed by atoms with E-state index in [2.05, 4.69) is 73.5 Å². The predicted molar refractivity (Wildman–Crippen MR) is 178 cm³/mol. The highest BCUT2D eigenvalue weighted by Gasteiger charge is 2.24. The smallest absolute Gasteiger partial charge is 0.232 e. The van der Waals surface area contributed by atoms with Gasteiger partial charge >= 0.3 is 0 Å². The van der Waals surface area contributed by atoms with E-state index in [-0.39, 0.29) is 16.8 Å². The van der Waals surface area contributed by atoms with Crippen LogP contribution in [0.25, 0.3) is 11.0 Å². The first kappa shape index (κ1) is 31.5. The quantitative estimate of drug-likeness (QED) is 0.242. The summed E-state index contributed by atoms with van der Waals surface area (Å²) in [5, 5.41) is 6.73. The van der Waals surface area contributed by atoms with Gasteiger partial charge in [0.1, 0.15) is 22.0 Å². The average molecular weight is 640 g/mol. The molecule has 12 nitrogen and oxygen atoms in total. The molecule has 1 aliphatic heterocycles. The minimum Gasteiger partial charge on any atom is -0.494 e. The Morgan fingerprint density at radius 2 is 1.77 bits per heavy atom. The number of rotatable bonds is 10. The van der Waals surface area contributed by atoms with Gasteiger partial charge in [0, 0.05) is 50.3 Å². The molecule has 3 heterocycles. The van der Waals surface area contributed by atoms with E-state index in [1.165, 1.54) is 30.7 Å². The van der Waals surface area contributed by atoms with Crippen molar-refractivity contribution in [1.29, 1.82) is 0 Å². The van der Waals surface area contributed by atoms with Crippen LogP contribution in [-0.4, -0.2) is 86.9 Å². The van der Waals surface area contributed by atoms with Gasteiger partial charge in [-0.25, -0.2) is 13.4 Å². The summed E-state index contributed by atoms with van der Waals surface area (Å²) in [5.74, 6) is 1.24. The number of hydrogen-bond acceptors (Lipinski definition) is 11. The van der Waals surface area contributed by atoms with Crippen molar-refractivity contribution in [2.75, 3.05) is 67.4 Å². The summed E-state index contributed by atoms with van der Waals surface area (Å²) in [4.78, 5) is 22.5. The molecule has 0 aliphatic carbocycles. The molecule has 1 saturated heterocycles. The number of aromatic nitrogens is 4. The lowest BCUT2D eigenvalue weighted by atomic mass is 10.0. The summed E-state index contributed by atoms with van der Waals surface area (Å²) in [5.41, 5.74) is 4.80. The molecule has 0 saturated carbocycles. The standard InChI is InChI=1S/C30H38ClN9O3S/c1-7-19-16-24(26(43-5)17-25(19)40-14-10-20(11-15-40)38(2)3)36-30-34-18-21(31)29(37-30)35-23-9-8-22-27(33-13-12-32-22)28(23)39(4)44(6,41)42/h8-9,12-13,16-18,20H,7,10-11,14-15H2,1-6H3,(H2,34,35,36,37). The van der Waals surface area contributed by atoms with Crippen LogP contribution in [0.2, 0.25) is 5.02 Å². The summed E-state index contributed by atoms with van der Waals surface area (Å²) >= 11 is 6.52. The number of ether oxygens (including phenoxy) is 1. The number of methoxy groups -OCH3 is 1. The molecule has 0 bridgehead atoms. The van der Waals surface area contributed by atoms with Gasteiger partial charge in [0.25, 0.3) is 0 Å². The number of anilines is 6. The van der Waals surface area contributed by atoms with E-state index in [1.54, 1.807) is 25.4 Å². The van der Waals surface area contributed by atoms with E-state index in [9.17, 15) is 8.42 Å². The van der Waals surface area contributed by atoms with Crippen LogP contribution >= 0.6 is 11.6 Å². The lowest BCUT2D eigenvalue weighted by Gasteiger charge is -2.37. The Hall–Kier alpha value is -3.94. The summed E-state index contributed by atoms with van der Waals surface area (Å²) in [6.45, 7) is 4.11. The fraction of sp³-hybridized carbons (Fsp3) is 0.400. The van der Waals surface area contributed by atoms with Crippen LogP contribution in [0.1, 0.15) is 25.3 Å². The third kappa shape index (κ3) is 6.59. The Morgan fingerprint density at radius 1 is 1.05 bits per heavy atom. The first-order valence-corrected chi connectivity index (χ1v) is 16.6. The van der Waals surface area contributed by atoms with E-state index in [0.29, 0.717) is 34.2 Å². The molecule has 0 radical (unpaired) electrons. The largest absolute Gasteiger partial charge is 0.494 e. The number of benzene rings is 2. The molecule has 4 aromatic rings. The Balaban J connectivity index is 1.46. The first-order valence-electron chi connectivity index (χ1n) is 14.4. The Labute approximate surface area is 263 Å². The molecular weight excluding hydrogens is 602 g/mol. The van der Waals surface area contributed by atoms with Gasteiger partial charge in [0.05, 0.1) is 36.5 Å². The van der Waals surface area contributed by atoms with Crippen LogP contribution in [0.15, 0.2) is 42.9 Å². The van der Waals surface area contributed by atoms with Gasteiger partial charge in [-0.3, -0.25) is 14.3 Å². The van der Waals surface area contributed by atoms with Gasteiger partial charge in [-0.1, -0.05) is 18.5 Å². The molecule has 44 heavy (non-hydrogen) atoms. The van der Waals surface area contributed by atoms with Gasteiger partial charge in [0.15, 0.2) is 5.82 Å². The van der Waals surface area contributed by atoms with Crippen molar-refractivity contribution < 1.29 is 13.2 Å². The average Bonchev–Trinajstić information content (AvgIpc) is 3.01. The van der Waals surface area contributed by atoms with Crippen molar-refractivity contribution in [3.8, 4) is 5.75 Å². The molecule has 234 valence electrons. The number of aryl methyl sites for hydroxylation is 1. The van der Waals surface area contributed by atoms with E-state index >= 15 is 0 Å². The van der Waals surface area contributed by atoms with Crippen LogP contribution in [-0.2, 0) is 16.4 Å². The Kier molecular flexibility index (Phi) is 9.28. The van der Waals surface area contributed by atoms with Gasteiger partial charge < -0.3 is 25.2 Å². The third-order valence-electron chi connectivity index (χ3n) is 7.99. The van der Waals surface area contributed by atoms with E-state index < -0.39 is 10.0 Å².